The average molecular weight is 596 g/mol. The molecule has 0 saturated heterocycles. The van der Waals surface area contributed by atoms with Gasteiger partial charge in [0.25, 0.3) is 0 Å². The fourth-order valence-electron chi connectivity index (χ4n) is 8.00. The summed E-state index contributed by atoms with van der Waals surface area (Å²) in [4.78, 5) is 2.40. The maximum atomic E-state index is 2.42. The third kappa shape index (κ3) is 4.29. The zero-order valence-corrected chi connectivity index (χ0v) is 27.7. The molecule has 0 unspecified atom stereocenters. The number of hydrogen-bond donors (Lipinski definition) is 0. The zero-order chi connectivity index (χ0) is 31.7. The molecular weight excluding hydrogens is 555 g/mol. The van der Waals surface area contributed by atoms with Crippen LogP contribution in [0, 0.1) is 0 Å². The van der Waals surface area contributed by atoms with Gasteiger partial charge in [0.1, 0.15) is 0 Å². The summed E-state index contributed by atoms with van der Waals surface area (Å²) in [7, 11) is 0. The van der Waals surface area contributed by atoms with Crippen molar-refractivity contribution in [3.8, 4) is 11.1 Å². The molecule has 0 bridgehead atoms. The molecule has 1 aliphatic rings. The lowest BCUT2D eigenvalue weighted by molar-refractivity contribution is 0.672. The van der Waals surface area contributed by atoms with Crippen molar-refractivity contribution in [2.75, 3.05) is 4.90 Å². The molecule has 7 aromatic rings. The van der Waals surface area contributed by atoms with Gasteiger partial charge in [0.15, 0.2) is 0 Å². The molecule has 0 fully saturated rings. The Bertz CT molecular complexity index is 2220. The van der Waals surface area contributed by atoms with Crippen molar-refractivity contribution in [3.63, 3.8) is 0 Å². The molecule has 226 valence electrons. The molecule has 46 heavy (non-hydrogen) atoms. The van der Waals surface area contributed by atoms with E-state index >= 15 is 0 Å². The third-order valence-corrected chi connectivity index (χ3v) is 10.3. The number of rotatable bonds is 5. The van der Waals surface area contributed by atoms with Gasteiger partial charge in [-0.2, -0.15) is 0 Å². The highest BCUT2D eigenvalue weighted by Crippen LogP contribution is 2.56. The molecule has 0 N–H and O–H groups in total. The minimum atomic E-state index is -0.144. The molecule has 0 aromatic heterocycles. The summed E-state index contributed by atoms with van der Waals surface area (Å²) in [5, 5.41) is 7.99. The van der Waals surface area contributed by atoms with Crippen LogP contribution >= 0.6 is 0 Å². The Morgan fingerprint density at radius 1 is 0.457 bits per heavy atom. The predicted molar refractivity (Wildman–Crippen MR) is 199 cm³/mol. The predicted octanol–water partition coefficient (Wildman–Crippen LogP) is 13.2. The first-order valence-corrected chi connectivity index (χ1v) is 16.8. The fraction of sp³-hybridized carbons (Fsp3) is 0.200. The standard InChI is InChI=1S/C45H41N/c1-28(2)30-15-20-33(21-16-30)46(34-22-17-31(18-23-34)29(3)4)35-24-26-36-32(27-35)19-25-41-42-39-13-9-7-11-37(39)38-12-8-10-14-40(38)44(42)45(5,6)43(36)41/h7-29H,1-6H3. The Morgan fingerprint density at radius 3 is 1.52 bits per heavy atom. The topological polar surface area (TPSA) is 3.24 Å². The van der Waals surface area contributed by atoms with Crippen LogP contribution in [0.4, 0.5) is 17.1 Å². The SMILES string of the molecule is CC(C)c1ccc(N(c2ccc(C(C)C)cc2)c2ccc3c4c(ccc3c2)-c2c(c3ccccc3c3ccccc23)C4(C)C)cc1. The van der Waals surface area contributed by atoms with Crippen molar-refractivity contribution in [2.24, 2.45) is 0 Å². The molecule has 1 heteroatoms. The van der Waals surface area contributed by atoms with Gasteiger partial charge >= 0.3 is 0 Å². The Hall–Kier alpha value is -4.88. The first kappa shape index (κ1) is 28.6. The summed E-state index contributed by atoms with van der Waals surface area (Å²) in [6.45, 7) is 13.9. The summed E-state index contributed by atoms with van der Waals surface area (Å²) in [6, 6.07) is 47.9. The van der Waals surface area contributed by atoms with E-state index in [4.69, 9.17) is 0 Å². The lowest BCUT2D eigenvalue weighted by Crippen LogP contribution is -2.16. The van der Waals surface area contributed by atoms with Gasteiger partial charge in [-0.15, -0.1) is 0 Å². The first-order chi connectivity index (χ1) is 22.2. The van der Waals surface area contributed by atoms with E-state index in [1.807, 2.05) is 0 Å². The third-order valence-electron chi connectivity index (χ3n) is 10.3. The van der Waals surface area contributed by atoms with Crippen molar-refractivity contribution in [1.29, 1.82) is 0 Å². The van der Waals surface area contributed by atoms with E-state index in [-0.39, 0.29) is 5.41 Å². The van der Waals surface area contributed by atoms with Gasteiger partial charge in [0.05, 0.1) is 0 Å². The molecule has 7 aromatic carbocycles. The Morgan fingerprint density at radius 2 is 0.957 bits per heavy atom. The van der Waals surface area contributed by atoms with Gasteiger partial charge in [0, 0.05) is 22.5 Å². The molecule has 0 aliphatic heterocycles. The molecule has 1 aliphatic carbocycles. The molecule has 1 nitrogen and oxygen atoms in total. The van der Waals surface area contributed by atoms with E-state index in [0.29, 0.717) is 11.8 Å². The van der Waals surface area contributed by atoms with Crippen LogP contribution in [0.5, 0.6) is 0 Å². The van der Waals surface area contributed by atoms with Crippen LogP contribution in [0.3, 0.4) is 0 Å². The van der Waals surface area contributed by atoms with Crippen molar-refractivity contribution < 1.29 is 0 Å². The van der Waals surface area contributed by atoms with Crippen molar-refractivity contribution >= 4 is 49.4 Å². The lowest BCUT2D eigenvalue weighted by Gasteiger charge is -2.28. The van der Waals surface area contributed by atoms with E-state index in [9.17, 15) is 0 Å². The number of anilines is 3. The average Bonchev–Trinajstić information content (AvgIpc) is 3.32. The van der Waals surface area contributed by atoms with Crippen LogP contribution in [0.1, 0.15) is 75.6 Å². The minimum Gasteiger partial charge on any atom is -0.310 e. The van der Waals surface area contributed by atoms with Crippen LogP contribution in [0.2, 0.25) is 0 Å². The Labute approximate surface area is 273 Å². The monoisotopic (exact) mass is 595 g/mol. The quantitative estimate of drug-likeness (QED) is 0.179. The Balaban J connectivity index is 1.33. The number of nitrogens with zero attached hydrogens (tertiary/aromatic N) is 1. The van der Waals surface area contributed by atoms with E-state index in [2.05, 4.69) is 174 Å². The van der Waals surface area contributed by atoms with Crippen LogP contribution in [-0.4, -0.2) is 0 Å². The number of fused-ring (bicyclic) bond motifs is 10. The van der Waals surface area contributed by atoms with Crippen LogP contribution in [-0.2, 0) is 5.41 Å². The van der Waals surface area contributed by atoms with Crippen molar-refractivity contribution in [3.05, 3.63) is 150 Å². The lowest BCUT2D eigenvalue weighted by atomic mass is 9.78. The fourth-order valence-corrected chi connectivity index (χ4v) is 8.00. The highest BCUT2D eigenvalue weighted by atomic mass is 15.1. The van der Waals surface area contributed by atoms with Crippen molar-refractivity contribution in [2.45, 2.75) is 58.8 Å². The molecule has 0 amide bonds. The molecule has 8 rings (SSSR count). The maximum Gasteiger partial charge on any atom is 0.0468 e. The van der Waals surface area contributed by atoms with Gasteiger partial charge in [0.2, 0.25) is 0 Å². The summed E-state index contributed by atoms with van der Waals surface area (Å²) < 4.78 is 0. The van der Waals surface area contributed by atoms with Crippen LogP contribution in [0.15, 0.2) is 127 Å². The smallest absolute Gasteiger partial charge is 0.0468 e. The molecule has 0 atom stereocenters. The molecule has 0 spiro atoms. The van der Waals surface area contributed by atoms with E-state index in [0.717, 1.165) is 0 Å². The second kappa shape index (κ2) is 10.6. The van der Waals surface area contributed by atoms with Gasteiger partial charge in [-0.05, 0) is 114 Å². The number of hydrogen-bond acceptors (Lipinski definition) is 1. The van der Waals surface area contributed by atoms with Crippen LogP contribution < -0.4 is 4.90 Å². The van der Waals surface area contributed by atoms with Gasteiger partial charge in [-0.25, -0.2) is 0 Å². The van der Waals surface area contributed by atoms with E-state index < -0.39 is 0 Å². The number of benzene rings is 7. The second-order valence-corrected chi connectivity index (χ2v) is 14.2. The molecular formula is C45H41N. The van der Waals surface area contributed by atoms with E-state index in [1.54, 1.807) is 0 Å². The van der Waals surface area contributed by atoms with Gasteiger partial charge in [-0.1, -0.05) is 133 Å². The summed E-state index contributed by atoms with van der Waals surface area (Å²) >= 11 is 0. The van der Waals surface area contributed by atoms with Gasteiger partial charge < -0.3 is 4.90 Å². The Kier molecular flexibility index (Phi) is 6.58. The first-order valence-electron chi connectivity index (χ1n) is 16.8. The highest BCUT2D eigenvalue weighted by Gasteiger charge is 2.39. The molecule has 0 heterocycles. The molecule has 0 radical (unpaired) electrons. The molecule has 0 saturated carbocycles. The zero-order valence-electron chi connectivity index (χ0n) is 27.7. The van der Waals surface area contributed by atoms with Crippen molar-refractivity contribution in [1.82, 2.24) is 0 Å². The van der Waals surface area contributed by atoms with E-state index in [1.165, 1.54) is 82.8 Å². The normalized spacial score (nSPS) is 13.6. The van der Waals surface area contributed by atoms with Gasteiger partial charge in [-0.3, -0.25) is 0 Å². The summed E-state index contributed by atoms with van der Waals surface area (Å²) in [5.41, 5.74) is 11.7. The van der Waals surface area contributed by atoms with Crippen LogP contribution in [0.25, 0.3) is 43.4 Å². The largest absolute Gasteiger partial charge is 0.310 e. The highest BCUT2D eigenvalue weighted by molar-refractivity contribution is 6.19. The summed E-state index contributed by atoms with van der Waals surface area (Å²) in [5.74, 6) is 0.995. The summed E-state index contributed by atoms with van der Waals surface area (Å²) in [6.07, 6.45) is 0. The minimum absolute atomic E-state index is 0.144. The maximum absolute atomic E-state index is 2.42. The second-order valence-electron chi connectivity index (χ2n) is 14.2.